The van der Waals surface area contributed by atoms with Gasteiger partial charge in [0.2, 0.25) is 0 Å². The molecule has 1 aromatic carbocycles. The van der Waals surface area contributed by atoms with Gasteiger partial charge in [0.15, 0.2) is 0 Å². The molecule has 1 unspecified atom stereocenters. The minimum absolute atomic E-state index is 0.150. The van der Waals surface area contributed by atoms with E-state index in [0.717, 1.165) is 37.7 Å². The molecule has 0 aliphatic heterocycles. The lowest BCUT2D eigenvalue weighted by molar-refractivity contribution is 0.00227. The standard InChI is InChI=1S/C22H36O3/c1-4-6-8-9-10-11-16-20(18-24-3)25-22(23)21-17-13-12-15-19(21)14-7-5-2/h12-13,15,17,20H,4-11,14,16,18H2,1-3H3. The smallest absolute Gasteiger partial charge is 0.338 e. The lowest BCUT2D eigenvalue weighted by atomic mass is 10.0. The number of rotatable bonds is 14. The van der Waals surface area contributed by atoms with Crippen molar-refractivity contribution in [2.45, 2.75) is 84.2 Å². The summed E-state index contributed by atoms with van der Waals surface area (Å²) in [5.41, 5.74) is 1.80. The first kappa shape index (κ1) is 21.7. The van der Waals surface area contributed by atoms with Gasteiger partial charge >= 0.3 is 5.97 Å². The van der Waals surface area contributed by atoms with Crippen LogP contribution in [0, 0.1) is 0 Å². The zero-order valence-electron chi connectivity index (χ0n) is 16.4. The van der Waals surface area contributed by atoms with Crippen molar-refractivity contribution in [1.29, 1.82) is 0 Å². The lowest BCUT2D eigenvalue weighted by Gasteiger charge is -2.18. The normalized spacial score (nSPS) is 12.1. The number of hydrogen-bond acceptors (Lipinski definition) is 3. The average Bonchev–Trinajstić information content (AvgIpc) is 2.63. The molecule has 0 radical (unpaired) electrons. The summed E-state index contributed by atoms with van der Waals surface area (Å²) >= 11 is 0. The topological polar surface area (TPSA) is 35.5 Å². The van der Waals surface area contributed by atoms with Crippen molar-refractivity contribution in [2.24, 2.45) is 0 Å². The maximum atomic E-state index is 12.6. The fraction of sp³-hybridized carbons (Fsp3) is 0.682. The molecule has 142 valence electrons. The number of ether oxygens (including phenoxy) is 2. The Labute approximate surface area is 154 Å². The Bertz CT molecular complexity index is 470. The summed E-state index contributed by atoms with van der Waals surface area (Å²) in [5, 5.41) is 0. The molecule has 0 bridgehead atoms. The van der Waals surface area contributed by atoms with Crippen LogP contribution in [0.15, 0.2) is 24.3 Å². The SMILES string of the molecule is CCCCCCCCC(COC)OC(=O)c1ccccc1CCCC. The van der Waals surface area contributed by atoms with Gasteiger partial charge in [-0.15, -0.1) is 0 Å². The maximum Gasteiger partial charge on any atom is 0.338 e. The molecule has 0 amide bonds. The molecular formula is C22H36O3. The second kappa shape index (κ2) is 13.9. The first-order chi connectivity index (χ1) is 12.2. The molecule has 1 aromatic rings. The third-order valence-corrected chi connectivity index (χ3v) is 4.54. The summed E-state index contributed by atoms with van der Waals surface area (Å²) in [7, 11) is 1.66. The van der Waals surface area contributed by atoms with E-state index in [0.29, 0.717) is 12.2 Å². The summed E-state index contributed by atoms with van der Waals surface area (Å²) < 4.78 is 11.0. The predicted octanol–water partition coefficient (Wildman–Crippen LogP) is 5.95. The number of unbranched alkanes of at least 4 members (excludes halogenated alkanes) is 6. The third kappa shape index (κ3) is 9.06. The van der Waals surface area contributed by atoms with Crippen molar-refractivity contribution in [1.82, 2.24) is 0 Å². The molecule has 0 saturated heterocycles. The summed E-state index contributed by atoms with van der Waals surface area (Å²) in [6.45, 7) is 4.86. The lowest BCUT2D eigenvalue weighted by Crippen LogP contribution is -2.24. The number of esters is 1. The summed E-state index contributed by atoms with van der Waals surface area (Å²) in [6, 6.07) is 7.81. The second-order valence-electron chi connectivity index (χ2n) is 6.80. The van der Waals surface area contributed by atoms with Crippen LogP contribution in [-0.4, -0.2) is 25.8 Å². The van der Waals surface area contributed by atoms with Crippen molar-refractivity contribution >= 4 is 5.97 Å². The van der Waals surface area contributed by atoms with Gasteiger partial charge in [-0.1, -0.05) is 70.6 Å². The fourth-order valence-corrected chi connectivity index (χ4v) is 3.03. The molecule has 1 atom stereocenters. The largest absolute Gasteiger partial charge is 0.456 e. The predicted molar refractivity (Wildman–Crippen MR) is 104 cm³/mol. The molecule has 0 N–H and O–H groups in total. The van der Waals surface area contributed by atoms with E-state index < -0.39 is 0 Å². The van der Waals surface area contributed by atoms with Gasteiger partial charge in [0.25, 0.3) is 0 Å². The summed E-state index contributed by atoms with van der Waals surface area (Å²) in [5.74, 6) is -0.209. The number of carbonyl (C=O) groups excluding carboxylic acids is 1. The highest BCUT2D eigenvalue weighted by Gasteiger charge is 2.18. The van der Waals surface area contributed by atoms with Gasteiger partial charge in [-0.3, -0.25) is 0 Å². The Balaban J connectivity index is 2.52. The van der Waals surface area contributed by atoms with Crippen LogP contribution in [0.25, 0.3) is 0 Å². The van der Waals surface area contributed by atoms with Gasteiger partial charge in [-0.25, -0.2) is 4.79 Å². The maximum absolute atomic E-state index is 12.6. The molecule has 0 spiro atoms. The summed E-state index contributed by atoms with van der Waals surface area (Å²) in [6.07, 6.45) is 11.3. The van der Waals surface area contributed by atoms with Gasteiger partial charge in [0.1, 0.15) is 6.10 Å². The van der Waals surface area contributed by atoms with Crippen molar-refractivity contribution in [2.75, 3.05) is 13.7 Å². The Kier molecular flexibility index (Phi) is 12.0. The van der Waals surface area contributed by atoms with Crippen LogP contribution in [0.3, 0.4) is 0 Å². The Morgan fingerprint density at radius 1 is 0.960 bits per heavy atom. The Morgan fingerprint density at radius 3 is 2.36 bits per heavy atom. The molecule has 0 aliphatic rings. The number of benzene rings is 1. The second-order valence-corrected chi connectivity index (χ2v) is 6.80. The van der Waals surface area contributed by atoms with E-state index in [1.807, 2.05) is 24.3 Å². The van der Waals surface area contributed by atoms with Gasteiger partial charge < -0.3 is 9.47 Å². The van der Waals surface area contributed by atoms with Crippen LogP contribution in [0.4, 0.5) is 0 Å². The van der Waals surface area contributed by atoms with Gasteiger partial charge in [-0.2, -0.15) is 0 Å². The third-order valence-electron chi connectivity index (χ3n) is 4.54. The quantitative estimate of drug-likeness (QED) is 0.308. The van der Waals surface area contributed by atoms with Crippen LogP contribution in [0.1, 0.15) is 87.6 Å². The van der Waals surface area contributed by atoms with Crippen LogP contribution < -0.4 is 0 Å². The number of carbonyl (C=O) groups is 1. The number of methoxy groups -OCH3 is 1. The Morgan fingerprint density at radius 2 is 1.64 bits per heavy atom. The average molecular weight is 349 g/mol. The van der Waals surface area contributed by atoms with Crippen molar-refractivity contribution in [3.05, 3.63) is 35.4 Å². The van der Waals surface area contributed by atoms with E-state index in [4.69, 9.17) is 9.47 Å². The van der Waals surface area contributed by atoms with E-state index in [2.05, 4.69) is 13.8 Å². The molecule has 3 nitrogen and oxygen atoms in total. The van der Waals surface area contributed by atoms with E-state index in [1.54, 1.807) is 7.11 Å². The fourth-order valence-electron chi connectivity index (χ4n) is 3.03. The summed E-state index contributed by atoms with van der Waals surface area (Å²) in [4.78, 5) is 12.6. The molecular weight excluding hydrogens is 312 g/mol. The Hall–Kier alpha value is -1.35. The molecule has 3 heteroatoms. The highest BCUT2D eigenvalue weighted by atomic mass is 16.6. The number of aryl methyl sites for hydroxylation is 1. The minimum Gasteiger partial charge on any atom is -0.456 e. The molecule has 0 aliphatic carbocycles. The van der Waals surface area contributed by atoms with Gasteiger partial charge in [0, 0.05) is 7.11 Å². The highest BCUT2D eigenvalue weighted by Crippen LogP contribution is 2.17. The molecule has 0 fully saturated rings. The first-order valence-electron chi connectivity index (χ1n) is 10.0. The van der Waals surface area contributed by atoms with Crippen molar-refractivity contribution in [3.8, 4) is 0 Å². The van der Waals surface area contributed by atoms with Gasteiger partial charge in [-0.05, 0) is 37.3 Å². The zero-order valence-corrected chi connectivity index (χ0v) is 16.4. The van der Waals surface area contributed by atoms with E-state index >= 15 is 0 Å². The van der Waals surface area contributed by atoms with Crippen LogP contribution in [-0.2, 0) is 15.9 Å². The number of hydrogen-bond donors (Lipinski definition) is 0. The van der Waals surface area contributed by atoms with Crippen LogP contribution in [0.5, 0.6) is 0 Å². The molecule has 1 rings (SSSR count). The van der Waals surface area contributed by atoms with E-state index in [-0.39, 0.29) is 12.1 Å². The van der Waals surface area contributed by atoms with Crippen molar-refractivity contribution < 1.29 is 14.3 Å². The minimum atomic E-state index is -0.209. The molecule has 0 saturated carbocycles. The molecule has 0 aromatic heterocycles. The van der Waals surface area contributed by atoms with Crippen molar-refractivity contribution in [3.63, 3.8) is 0 Å². The van der Waals surface area contributed by atoms with E-state index in [9.17, 15) is 4.79 Å². The highest BCUT2D eigenvalue weighted by molar-refractivity contribution is 5.91. The monoisotopic (exact) mass is 348 g/mol. The van der Waals surface area contributed by atoms with Crippen LogP contribution in [0.2, 0.25) is 0 Å². The van der Waals surface area contributed by atoms with Gasteiger partial charge in [0.05, 0.1) is 12.2 Å². The molecule has 25 heavy (non-hydrogen) atoms. The first-order valence-corrected chi connectivity index (χ1v) is 10.0. The molecule has 0 heterocycles. The zero-order chi connectivity index (χ0) is 18.3. The van der Waals surface area contributed by atoms with Crippen LogP contribution >= 0.6 is 0 Å². The van der Waals surface area contributed by atoms with E-state index in [1.165, 1.54) is 32.1 Å².